The lowest BCUT2D eigenvalue weighted by molar-refractivity contribution is 0.121. The molecule has 0 amide bonds. The van der Waals surface area contributed by atoms with Crippen molar-refractivity contribution in [3.8, 4) is 0 Å². The van der Waals surface area contributed by atoms with Gasteiger partial charge in [0.15, 0.2) is 5.89 Å². The zero-order chi connectivity index (χ0) is 15.3. The van der Waals surface area contributed by atoms with Crippen LogP contribution in [0, 0.1) is 6.92 Å². The van der Waals surface area contributed by atoms with Crippen LogP contribution < -0.4 is 4.72 Å². The lowest BCUT2D eigenvalue weighted by atomic mass is 10.1. The normalized spacial score (nSPS) is 13.2. The summed E-state index contributed by atoms with van der Waals surface area (Å²) in [5.74, 6) is 0.355. The van der Waals surface area contributed by atoms with E-state index in [1.165, 1.54) is 13.4 Å². The molecule has 2 rings (SSSR count). The van der Waals surface area contributed by atoms with Crippen LogP contribution in [0.2, 0.25) is 0 Å². The molecule has 0 aliphatic carbocycles. The van der Waals surface area contributed by atoms with Gasteiger partial charge in [-0.2, -0.15) is 0 Å². The molecule has 1 heterocycles. The van der Waals surface area contributed by atoms with Crippen LogP contribution in [0.4, 0.5) is 0 Å². The number of rotatable bonds is 7. The van der Waals surface area contributed by atoms with Crippen molar-refractivity contribution in [1.82, 2.24) is 9.71 Å². The predicted octanol–water partition coefficient (Wildman–Crippen LogP) is 1.79. The molecule has 0 fully saturated rings. The van der Waals surface area contributed by atoms with Crippen molar-refractivity contribution in [3.05, 3.63) is 53.7 Å². The molecule has 0 saturated carbocycles. The van der Waals surface area contributed by atoms with Crippen molar-refractivity contribution in [2.45, 2.75) is 19.6 Å². The van der Waals surface area contributed by atoms with Gasteiger partial charge in [0.25, 0.3) is 0 Å². The highest BCUT2D eigenvalue weighted by molar-refractivity contribution is 7.89. The number of hydrogen-bond acceptors (Lipinski definition) is 5. The second-order valence-corrected chi connectivity index (χ2v) is 6.45. The molecule has 6 nitrogen and oxygen atoms in total. The maximum atomic E-state index is 12.1. The van der Waals surface area contributed by atoms with E-state index in [-0.39, 0.29) is 12.3 Å². The quantitative estimate of drug-likeness (QED) is 0.843. The minimum atomic E-state index is -3.49. The number of sulfonamides is 1. The first-order valence-electron chi connectivity index (χ1n) is 6.46. The Bertz CT molecular complexity index is 667. The molecular formula is C14H18N2O4S. The topological polar surface area (TPSA) is 81.4 Å². The lowest BCUT2D eigenvalue weighted by Crippen LogP contribution is -2.29. The number of ether oxygens (including phenoxy) is 1. The van der Waals surface area contributed by atoms with Crippen molar-refractivity contribution in [2.24, 2.45) is 0 Å². The summed E-state index contributed by atoms with van der Waals surface area (Å²) in [7, 11) is -1.99. The zero-order valence-electron chi connectivity index (χ0n) is 11.9. The van der Waals surface area contributed by atoms with Crippen LogP contribution in [0.15, 0.2) is 41.0 Å². The van der Waals surface area contributed by atoms with Crippen LogP contribution in [0.1, 0.15) is 23.3 Å². The predicted molar refractivity (Wildman–Crippen MR) is 78.1 cm³/mol. The summed E-state index contributed by atoms with van der Waals surface area (Å²) in [4.78, 5) is 4.05. The number of oxazole rings is 1. The minimum absolute atomic E-state index is 0.102. The van der Waals surface area contributed by atoms with Gasteiger partial charge in [0, 0.05) is 14.0 Å². The summed E-state index contributed by atoms with van der Waals surface area (Å²) in [6.45, 7) is 1.80. The molecule has 0 saturated heterocycles. The molecule has 1 unspecified atom stereocenters. The smallest absolute Gasteiger partial charge is 0.214 e. The van der Waals surface area contributed by atoms with Crippen molar-refractivity contribution in [3.63, 3.8) is 0 Å². The molecule has 7 heteroatoms. The van der Waals surface area contributed by atoms with Crippen molar-refractivity contribution in [1.29, 1.82) is 0 Å². The number of nitrogens with zero attached hydrogens (tertiary/aromatic N) is 1. The van der Waals surface area contributed by atoms with Crippen LogP contribution >= 0.6 is 0 Å². The van der Waals surface area contributed by atoms with Crippen molar-refractivity contribution in [2.75, 3.05) is 12.9 Å². The number of nitrogens with one attached hydrogen (secondary N) is 1. The highest BCUT2D eigenvalue weighted by Gasteiger charge is 2.20. The monoisotopic (exact) mass is 310 g/mol. The van der Waals surface area contributed by atoms with Gasteiger partial charge in [0.2, 0.25) is 10.0 Å². The van der Waals surface area contributed by atoms with Crippen LogP contribution in [0.3, 0.4) is 0 Å². The maximum absolute atomic E-state index is 12.1. The fourth-order valence-electron chi connectivity index (χ4n) is 1.90. The largest absolute Gasteiger partial charge is 0.449 e. The van der Waals surface area contributed by atoms with Crippen molar-refractivity contribution >= 4 is 10.0 Å². The molecule has 1 aromatic heterocycles. The van der Waals surface area contributed by atoms with E-state index in [2.05, 4.69) is 9.71 Å². The molecular weight excluding hydrogens is 292 g/mol. The highest BCUT2D eigenvalue weighted by Crippen LogP contribution is 2.18. The van der Waals surface area contributed by atoms with Gasteiger partial charge in [0.05, 0.1) is 24.1 Å². The van der Waals surface area contributed by atoms with Gasteiger partial charge < -0.3 is 9.15 Å². The first-order chi connectivity index (χ1) is 10.00. The van der Waals surface area contributed by atoms with Crippen molar-refractivity contribution < 1.29 is 17.6 Å². The van der Waals surface area contributed by atoms with Crippen LogP contribution in [0.5, 0.6) is 0 Å². The fraction of sp³-hybridized carbons (Fsp3) is 0.357. The summed E-state index contributed by atoms with van der Waals surface area (Å²) in [6, 6.07) is 9.24. The Morgan fingerprint density at radius 3 is 2.62 bits per heavy atom. The minimum Gasteiger partial charge on any atom is -0.449 e. The average molecular weight is 310 g/mol. The molecule has 0 aliphatic heterocycles. The number of hydrogen-bond donors (Lipinski definition) is 1. The van der Waals surface area contributed by atoms with E-state index in [4.69, 9.17) is 9.15 Å². The zero-order valence-corrected chi connectivity index (χ0v) is 12.8. The van der Waals surface area contributed by atoms with Gasteiger partial charge in [-0.15, -0.1) is 0 Å². The Morgan fingerprint density at radius 2 is 2.05 bits per heavy atom. The van der Waals surface area contributed by atoms with E-state index in [0.717, 1.165) is 5.56 Å². The molecule has 2 aromatic rings. The summed E-state index contributed by atoms with van der Waals surface area (Å²) in [6.07, 6.45) is 0.922. The molecule has 0 aliphatic rings. The number of benzene rings is 1. The molecule has 114 valence electrons. The average Bonchev–Trinajstić information content (AvgIpc) is 2.89. The third-order valence-electron chi connectivity index (χ3n) is 2.97. The lowest BCUT2D eigenvalue weighted by Gasteiger charge is -2.16. The Balaban J connectivity index is 1.99. The highest BCUT2D eigenvalue weighted by atomic mass is 32.2. The Kier molecular flexibility index (Phi) is 5.11. The summed E-state index contributed by atoms with van der Waals surface area (Å²) < 4.78 is 37.0. The van der Waals surface area contributed by atoms with Gasteiger partial charge in [-0.25, -0.2) is 18.1 Å². The Hall–Kier alpha value is -1.70. The number of aryl methyl sites for hydroxylation is 1. The molecule has 1 aromatic carbocycles. The van der Waals surface area contributed by atoms with E-state index in [9.17, 15) is 8.42 Å². The summed E-state index contributed by atoms with van der Waals surface area (Å²) >= 11 is 0. The first-order valence-corrected chi connectivity index (χ1v) is 8.11. The molecule has 21 heavy (non-hydrogen) atoms. The van der Waals surface area contributed by atoms with E-state index in [1.807, 2.05) is 30.3 Å². The molecule has 1 atom stereocenters. The van der Waals surface area contributed by atoms with Crippen LogP contribution in [-0.2, 0) is 21.3 Å². The SMILES string of the molecule is COC(CS(=O)(=O)NCc1coc(C)n1)c1ccccc1. The maximum Gasteiger partial charge on any atom is 0.214 e. The molecule has 0 radical (unpaired) electrons. The molecule has 1 N–H and O–H groups in total. The molecule has 0 bridgehead atoms. The Morgan fingerprint density at radius 1 is 1.33 bits per heavy atom. The van der Waals surface area contributed by atoms with Gasteiger partial charge >= 0.3 is 0 Å². The van der Waals surface area contributed by atoms with Gasteiger partial charge in [-0.1, -0.05) is 30.3 Å². The van der Waals surface area contributed by atoms with Gasteiger partial charge in [-0.3, -0.25) is 0 Å². The standard InChI is InChI=1S/C14H18N2O4S/c1-11-16-13(9-20-11)8-15-21(17,18)10-14(19-2)12-6-4-3-5-7-12/h3-7,9,14-15H,8,10H2,1-2H3. The van der Waals surface area contributed by atoms with E-state index in [0.29, 0.717) is 11.6 Å². The van der Waals surface area contributed by atoms with Gasteiger partial charge in [0.1, 0.15) is 6.26 Å². The third kappa shape index (κ3) is 4.66. The van der Waals surface area contributed by atoms with E-state index in [1.54, 1.807) is 6.92 Å². The third-order valence-corrected chi connectivity index (χ3v) is 4.29. The van der Waals surface area contributed by atoms with E-state index < -0.39 is 16.1 Å². The van der Waals surface area contributed by atoms with Crippen LogP contribution in [0.25, 0.3) is 0 Å². The number of aromatic nitrogens is 1. The first kappa shape index (κ1) is 15.7. The van der Waals surface area contributed by atoms with Gasteiger partial charge in [-0.05, 0) is 5.56 Å². The van der Waals surface area contributed by atoms with Crippen LogP contribution in [-0.4, -0.2) is 26.3 Å². The summed E-state index contributed by atoms with van der Waals surface area (Å²) in [5.41, 5.74) is 1.37. The second kappa shape index (κ2) is 6.84. The second-order valence-electron chi connectivity index (χ2n) is 4.60. The Labute approximate surface area is 124 Å². The summed E-state index contributed by atoms with van der Waals surface area (Å²) in [5, 5.41) is 0. The number of methoxy groups -OCH3 is 1. The van der Waals surface area contributed by atoms with E-state index >= 15 is 0 Å². The molecule has 0 spiro atoms. The fourth-order valence-corrected chi connectivity index (χ4v) is 3.11.